The molecule has 0 heteroatoms. The molecule has 1 aliphatic rings. The molecule has 248 valence electrons. The standard InChI is InChI=1S/C53H36/c1-53(2)48-32-37-17-7-6-16-36(37)31-47(48)51-40-19-9-8-18-39(40)46-30-38(28-29-45(46)52(51)53)33-24-26-35(27-25-33)50-43-22-12-10-20-41(43)49(34-14-4-3-5-15-34)42-21-11-13-23-44(42)50/h3-32H,1-2H3. The van der Waals surface area contributed by atoms with E-state index in [4.69, 9.17) is 0 Å². The van der Waals surface area contributed by atoms with Crippen molar-refractivity contribution >= 4 is 53.9 Å². The number of hydrogen-bond donors (Lipinski definition) is 0. The van der Waals surface area contributed by atoms with Gasteiger partial charge in [-0.05, 0) is 128 Å². The highest BCUT2D eigenvalue weighted by Gasteiger charge is 2.38. The summed E-state index contributed by atoms with van der Waals surface area (Å²) in [6.07, 6.45) is 0. The summed E-state index contributed by atoms with van der Waals surface area (Å²) >= 11 is 0. The number of benzene rings is 10. The predicted octanol–water partition coefficient (Wildman–Crippen LogP) is 14.8. The average Bonchev–Trinajstić information content (AvgIpc) is 3.45. The minimum absolute atomic E-state index is 0.123. The Morgan fingerprint density at radius 1 is 0.302 bits per heavy atom. The summed E-state index contributed by atoms with van der Waals surface area (Å²) < 4.78 is 0. The second-order valence-electron chi connectivity index (χ2n) is 15.2. The normalized spacial score (nSPS) is 13.2. The number of hydrogen-bond acceptors (Lipinski definition) is 0. The molecule has 0 atom stereocenters. The van der Waals surface area contributed by atoms with Gasteiger partial charge < -0.3 is 0 Å². The first kappa shape index (κ1) is 30.2. The lowest BCUT2D eigenvalue weighted by Gasteiger charge is -2.24. The first-order valence-electron chi connectivity index (χ1n) is 18.7. The second kappa shape index (κ2) is 11.2. The molecule has 0 saturated heterocycles. The molecule has 10 aromatic carbocycles. The smallest absolute Gasteiger partial charge is 0.0165 e. The minimum atomic E-state index is -0.123. The third-order valence-electron chi connectivity index (χ3n) is 12.0. The van der Waals surface area contributed by atoms with Gasteiger partial charge in [0, 0.05) is 5.41 Å². The maximum atomic E-state index is 2.43. The fraction of sp³-hybridized carbons (Fsp3) is 0.0566. The van der Waals surface area contributed by atoms with Crippen LogP contribution in [-0.2, 0) is 5.41 Å². The van der Waals surface area contributed by atoms with E-state index in [-0.39, 0.29) is 5.41 Å². The van der Waals surface area contributed by atoms with Crippen LogP contribution < -0.4 is 0 Å². The van der Waals surface area contributed by atoms with E-state index < -0.39 is 0 Å². The van der Waals surface area contributed by atoms with Crippen LogP contribution in [0.15, 0.2) is 182 Å². The molecule has 0 aliphatic heterocycles. The Morgan fingerprint density at radius 3 is 1.36 bits per heavy atom. The molecule has 11 rings (SSSR count). The fourth-order valence-corrected chi connectivity index (χ4v) is 9.58. The zero-order valence-corrected chi connectivity index (χ0v) is 29.8. The van der Waals surface area contributed by atoms with Gasteiger partial charge in [0.05, 0.1) is 0 Å². The van der Waals surface area contributed by atoms with Crippen molar-refractivity contribution in [3.05, 3.63) is 193 Å². The molecule has 0 radical (unpaired) electrons. The van der Waals surface area contributed by atoms with Crippen LogP contribution in [0.5, 0.6) is 0 Å². The van der Waals surface area contributed by atoms with Crippen LogP contribution in [-0.4, -0.2) is 0 Å². The summed E-state index contributed by atoms with van der Waals surface area (Å²) in [5.74, 6) is 0. The van der Waals surface area contributed by atoms with Crippen molar-refractivity contribution in [3.8, 4) is 44.5 Å². The molecule has 0 spiro atoms. The molecule has 53 heavy (non-hydrogen) atoms. The van der Waals surface area contributed by atoms with Crippen molar-refractivity contribution in [1.82, 2.24) is 0 Å². The van der Waals surface area contributed by atoms with Crippen molar-refractivity contribution in [3.63, 3.8) is 0 Å². The van der Waals surface area contributed by atoms with E-state index in [1.165, 1.54) is 109 Å². The van der Waals surface area contributed by atoms with Gasteiger partial charge in [-0.3, -0.25) is 0 Å². The lowest BCUT2D eigenvalue weighted by Crippen LogP contribution is -2.15. The van der Waals surface area contributed by atoms with Gasteiger partial charge in [0.15, 0.2) is 0 Å². The Labute approximate surface area is 309 Å². The lowest BCUT2D eigenvalue weighted by molar-refractivity contribution is 0.667. The molecule has 1 aliphatic carbocycles. The molecule has 0 aromatic heterocycles. The molecular formula is C53H36. The van der Waals surface area contributed by atoms with E-state index in [1.807, 2.05) is 0 Å². The molecule has 0 saturated carbocycles. The van der Waals surface area contributed by atoms with E-state index in [0.29, 0.717) is 0 Å². The molecule has 0 fully saturated rings. The number of rotatable bonds is 3. The highest BCUT2D eigenvalue weighted by Crippen LogP contribution is 2.55. The SMILES string of the molecule is CC1(C)c2cc3ccccc3cc2-c2c1c1ccc(-c3ccc(-c4c5ccccc5c(-c5ccccc5)c5ccccc45)cc3)cc1c1ccccc21. The van der Waals surface area contributed by atoms with Gasteiger partial charge >= 0.3 is 0 Å². The Morgan fingerprint density at radius 2 is 0.755 bits per heavy atom. The molecule has 0 unspecified atom stereocenters. The molecule has 0 N–H and O–H groups in total. The van der Waals surface area contributed by atoms with Crippen LogP contribution in [0.3, 0.4) is 0 Å². The predicted molar refractivity (Wildman–Crippen MR) is 228 cm³/mol. The van der Waals surface area contributed by atoms with Crippen molar-refractivity contribution in [2.24, 2.45) is 0 Å². The third kappa shape index (κ3) is 4.36. The summed E-state index contributed by atoms with van der Waals surface area (Å²) in [5.41, 5.74) is 13.0. The van der Waals surface area contributed by atoms with Crippen LogP contribution >= 0.6 is 0 Å². The maximum Gasteiger partial charge on any atom is 0.0165 e. The van der Waals surface area contributed by atoms with Gasteiger partial charge in [-0.2, -0.15) is 0 Å². The van der Waals surface area contributed by atoms with Crippen molar-refractivity contribution < 1.29 is 0 Å². The Bertz CT molecular complexity index is 3050. The van der Waals surface area contributed by atoms with E-state index in [1.54, 1.807) is 0 Å². The van der Waals surface area contributed by atoms with Gasteiger partial charge in [0.25, 0.3) is 0 Å². The quantitative estimate of drug-likeness (QED) is 0.129. The van der Waals surface area contributed by atoms with Gasteiger partial charge in [-0.15, -0.1) is 0 Å². The van der Waals surface area contributed by atoms with E-state index in [2.05, 4.69) is 196 Å². The highest BCUT2D eigenvalue weighted by molar-refractivity contribution is 6.22. The largest absolute Gasteiger partial charge is 0.0622 e. The summed E-state index contributed by atoms with van der Waals surface area (Å²) in [4.78, 5) is 0. The minimum Gasteiger partial charge on any atom is -0.0622 e. The van der Waals surface area contributed by atoms with Crippen LogP contribution in [0, 0.1) is 0 Å². The Balaban J connectivity index is 1.08. The number of fused-ring (bicyclic) bond motifs is 11. The summed E-state index contributed by atoms with van der Waals surface area (Å²) in [6, 6.07) is 67.7. The monoisotopic (exact) mass is 672 g/mol. The maximum absolute atomic E-state index is 2.43. The topological polar surface area (TPSA) is 0 Å². The first-order valence-corrected chi connectivity index (χ1v) is 18.7. The van der Waals surface area contributed by atoms with Crippen molar-refractivity contribution in [2.45, 2.75) is 19.3 Å². The van der Waals surface area contributed by atoms with Gasteiger partial charge in [0.1, 0.15) is 0 Å². The van der Waals surface area contributed by atoms with Crippen molar-refractivity contribution in [2.75, 3.05) is 0 Å². The van der Waals surface area contributed by atoms with Gasteiger partial charge in [0.2, 0.25) is 0 Å². The van der Waals surface area contributed by atoms with E-state index in [0.717, 1.165) is 0 Å². The molecule has 0 amide bonds. The zero-order valence-electron chi connectivity index (χ0n) is 29.8. The first-order chi connectivity index (χ1) is 26.1. The fourth-order valence-electron chi connectivity index (χ4n) is 9.58. The molecular weight excluding hydrogens is 637 g/mol. The second-order valence-corrected chi connectivity index (χ2v) is 15.2. The van der Waals surface area contributed by atoms with E-state index in [9.17, 15) is 0 Å². The molecule has 0 bridgehead atoms. The van der Waals surface area contributed by atoms with E-state index >= 15 is 0 Å². The average molecular weight is 673 g/mol. The summed E-state index contributed by atoms with van der Waals surface area (Å²) in [7, 11) is 0. The van der Waals surface area contributed by atoms with Crippen LogP contribution in [0.25, 0.3) is 98.4 Å². The Kier molecular flexibility index (Phi) is 6.40. The summed E-state index contributed by atoms with van der Waals surface area (Å²) in [5, 5.41) is 13.0. The van der Waals surface area contributed by atoms with Crippen LogP contribution in [0.1, 0.15) is 25.0 Å². The highest BCUT2D eigenvalue weighted by atomic mass is 14.4. The van der Waals surface area contributed by atoms with Gasteiger partial charge in [-0.25, -0.2) is 0 Å². The molecule has 0 nitrogen and oxygen atoms in total. The molecule has 10 aromatic rings. The lowest BCUT2D eigenvalue weighted by atomic mass is 9.78. The summed E-state index contributed by atoms with van der Waals surface area (Å²) in [6.45, 7) is 4.82. The zero-order chi connectivity index (χ0) is 35.3. The van der Waals surface area contributed by atoms with Crippen LogP contribution in [0.2, 0.25) is 0 Å². The Hall–Kier alpha value is -6.50. The third-order valence-corrected chi connectivity index (χ3v) is 12.0. The van der Waals surface area contributed by atoms with Crippen LogP contribution in [0.4, 0.5) is 0 Å². The molecule has 0 heterocycles. The van der Waals surface area contributed by atoms with Gasteiger partial charge in [-0.1, -0.05) is 178 Å². The van der Waals surface area contributed by atoms with Crippen molar-refractivity contribution in [1.29, 1.82) is 0 Å².